The molecule has 1 aromatic carbocycles. The van der Waals surface area contributed by atoms with Gasteiger partial charge in [0.25, 0.3) is 0 Å². The summed E-state index contributed by atoms with van der Waals surface area (Å²) in [5.74, 6) is -0.850. The normalized spacial score (nSPS) is 14.1. The lowest BCUT2D eigenvalue weighted by atomic mass is 10.0. The lowest BCUT2D eigenvalue weighted by Crippen LogP contribution is -2.29. The van der Waals surface area contributed by atoms with Gasteiger partial charge in [-0.25, -0.2) is 4.79 Å². The minimum Gasteiger partial charge on any atom is -0.467 e. The Morgan fingerprint density at radius 1 is 1.35 bits per heavy atom. The number of rotatable bonds is 5. The Morgan fingerprint density at radius 2 is 1.94 bits per heavy atom. The van der Waals surface area contributed by atoms with Crippen molar-refractivity contribution >= 4 is 5.97 Å². The van der Waals surface area contributed by atoms with E-state index in [2.05, 4.69) is 10.1 Å². The van der Waals surface area contributed by atoms with Gasteiger partial charge in [0.15, 0.2) is 6.10 Å². The number of hydrogen-bond donors (Lipinski definition) is 3. The Hall–Kier alpha value is -1.43. The first-order valence-electron chi connectivity index (χ1n) is 5.27. The van der Waals surface area contributed by atoms with Crippen LogP contribution in [0.4, 0.5) is 0 Å². The van der Waals surface area contributed by atoms with Crippen molar-refractivity contribution < 1.29 is 19.7 Å². The highest BCUT2D eigenvalue weighted by molar-refractivity contribution is 5.75. The van der Waals surface area contributed by atoms with Crippen molar-refractivity contribution in [3.05, 3.63) is 35.4 Å². The highest BCUT2D eigenvalue weighted by atomic mass is 16.5. The summed E-state index contributed by atoms with van der Waals surface area (Å²) >= 11 is 0. The van der Waals surface area contributed by atoms with Crippen molar-refractivity contribution in [3.63, 3.8) is 0 Å². The maximum Gasteiger partial charge on any atom is 0.337 e. The third kappa shape index (κ3) is 3.52. The van der Waals surface area contributed by atoms with Crippen LogP contribution in [-0.4, -0.2) is 36.4 Å². The molecule has 5 nitrogen and oxygen atoms in total. The van der Waals surface area contributed by atoms with Crippen molar-refractivity contribution in [1.82, 2.24) is 5.32 Å². The molecule has 1 rings (SSSR count). The van der Waals surface area contributed by atoms with E-state index < -0.39 is 18.2 Å². The molecule has 0 aliphatic rings. The highest BCUT2D eigenvalue weighted by Crippen LogP contribution is 2.18. The van der Waals surface area contributed by atoms with Crippen LogP contribution in [0.25, 0.3) is 0 Å². The van der Waals surface area contributed by atoms with Crippen molar-refractivity contribution in [2.24, 2.45) is 0 Å². The van der Waals surface area contributed by atoms with Gasteiger partial charge >= 0.3 is 5.97 Å². The number of hydrogen-bond acceptors (Lipinski definition) is 5. The number of esters is 1. The molecule has 1 aromatic rings. The Bertz CT molecular complexity index is 363. The van der Waals surface area contributed by atoms with Crippen LogP contribution in [-0.2, 0) is 16.1 Å². The molecule has 0 fully saturated rings. The summed E-state index contributed by atoms with van der Waals surface area (Å²) in [5, 5.41) is 22.2. The molecule has 3 N–H and O–H groups in total. The van der Waals surface area contributed by atoms with Gasteiger partial charge in [0.2, 0.25) is 0 Å². The van der Waals surface area contributed by atoms with E-state index in [1.807, 2.05) is 19.2 Å². The lowest BCUT2D eigenvalue weighted by Gasteiger charge is -2.16. The van der Waals surface area contributed by atoms with Crippen LogP contribution in [0.1, 0.15) is 17.2 Å². The number of benzene rings is 1. The second-order valence-electron chi connectivity index (χ2n) is 3.68. The number of aliphatic hydroxyl groups excluding tert-OH is 2. The number of aliphatic hydroxyl groups is 2. The zero-order chi connectivity index (χ0) is 12.8. The van der Waals surface area contributed by atoms with Crippen LogP contribution in [0.2, 0.25) is 0 Å². The van der Waals surface area contributed by atoms with Gasteiger partial charge in [-0.3, -0.25) is 0 Å². The summed E-state index contributed by atoms with van der Waals surface area (Å²) in [6.07, 6.45) is -2.83. The third-order valence-electron chi connectivity index (χ3n) is 2.44. The van der Waals surface area contributed by atoms with Gasteiger partial charge in [-0.1, -0.05) is 24.3 Å². The molecular formula is C12H17NO4. The van der Waals surface area contributed by atoms with E-state index in [-0.39, 0.29) is 0 Å². The maximum absolute atomic E-state index is 11.1. The molecule has 0 saturated heterocycles. The monoisotopic (exact) mass is 239 g/mol. The van der Waals surface area contributed by atoms with E-state index in [1.54, 1.807) is 12.1 Å². The first kappa shape index (κ1) is 13.6. The summed E-state index contributed by atoms with van der Waals surface area (Å²) in [5.41, 5.74) is 1.53. The predicted molar refractivity (Wildman–Crippen MR) is 62.2 cm³/mol. The minimum absolute atomic E-state index is 0.475. The molecule has 0 heterocycles. The molecule has 2 atom stereocenters. The standard InChI is InChI=1S/C12H17NO4/c1-13-7-8-3-5-9(6-4-8)10(14)11(15)12(16)17-2/h3-6,10-11,13-15H,7H2,1-2H3. The predicted octanol–water partition coefficient (Wildman–Crippen LogP) is -0.0267. The molecule has 17 heavy (non-hydrogen) atoms. The van der Waals surface area contributed by atoms with Crippen LogP contribution < -0.4 is 5.32 Å². The SMILES string of the molecule is CNCc1ccc(C(O)C(O)C(=O)OC)cc1. The number of carbonyl (C=O) groups excluding carboxylic acids is 1. The average Bonchev–Trinajstić information content (AvgIpc) is 2.37. The van der Waals surface area contributed by atoms with E-state index in [9.17, 15) is 15.0 Å². The molecular weight excluding hydrogens is 222 g/mol. The fourth-order valence-corrected chi connectivity index (χ4v) is 1.47. The number of ether oxygens (including phenoxy) is 1. The van der Waals surface area contributed by atoms with E-state index in [1.165, 1.54) is 0 Å². The van der Waals surface area contributed by atoms with E-state index in [0.29, 0.717) is 5.56 Å². The number of methoxy groups -OCH3 is 1. The van der Waals surface area contributed by atoms with Crippen molar-refractivity contribution in [3.8, 4) is 0 Å². The molecule has 0 aliphatic carbocycles. The molecule has 0 aliphatic heterocycles. The van der Waals surface area contributed by atoms with E-state index >= 15 is 0 Å². The summed E-state index contributed by atoms with van der Waals surface area (Å²) in [4.78, 5) is 11.1. The molecule has 0 bridgehead atoms. The molecule has 94 valence electrons. The zero-order valence-electron chi connectivity index (χ0n) is 9.88. The summed E-state index contributed by atoms with van der Waals surface area (Å²) < 4.78 is 4.36. The first-order chi connectivity index (χ1) is 8.10. The summed E-state index contributed by atoms with van der Waals surface area (Å²) in [7, 11) is 3.00. The first-order valence-corrected chi connectivity index (χ1v) is 5.27. The quantitative estimate of drug-likeness (QED) is 0.629. The Labute approximate surface area is 100 Å². The smallest absolute Gasteiger partial charge is 0.337 e. The van der Waals surface area contributed by atoms with E-state index in [4.69, 9.17) is 0 Å². The fourth-order valence-electron chi connectivity index (χ4n) is 1.47. The molecule has 2 unspecified atom stereocenters. The van der Waals surface area contributed by atoms with Crippen LogP contribution in [0.3, 0.4) is 0 Å². The molecule has 0 saturated carbocycles. The zero-order valence-corrected chi connectivity index (χ0v) is 9.88. The molecule has 0 aromatic heterocycles. The van der Waals surface area contributed by atoms with Crippen LogP contribution in [0, 0.1) is 0 Å². The highest BCUT2D eigenvalue weighted by Gasteiger charge is 2.26. The van der Waals surface area contributed by atoms with Gasteiger partial charge in [0.05, 0.1) is 7.11 Å². The van der Waals surface area contributed by atoms with Crippen molar-refractivity contribution in [2.75, 3.05) is 14.2 Å². The van der Waals surface area contributed by atoms with Crippen LogP contribution in [0.5, 0.6) is 0 Å². The van der Waals surface area contributed by atoms with Gasteiger partial charge in [0, 0.05) is 6.54 Å². The largest absolute Gasteiger partial charge is 0.467 e. The second kappa shape index (κ2) is 6.34. The Balaban J connectivity index is 2.75. The van der Waals surface area contributed by atoms with Crippen molar-refractivity contribution in [2.45, 2.75) is 18.8 Å². The lowest BCUT2D eigenvalue weighted by molar-refractivity contribution is -0.156. The number of carbonyl (C=O) groups is 1. The summed E-state index contributed by atoms with van der Waals surface area (Å²) in [6.45, 7) is 0.718. The molecule has 0 amide bonds. The second-order valence-corrected chi connectivity index (χ2v) is 3.68. The van der Waals surface area contributed by atoms with Gasteiger partial charge in [0.1, 0.15) is 6.10 Å². The molecule has 0 spiro atoms. The number of nitrogens with one attached hydrogen (secondary N) is 1. The minimum atomic E-state index is -1.56. The molecule has 0 radical (unpaired) electrons. The maximum atomic E-state index is 11.1. The van der Waals surface area contributed by atoms with Gasteiger partial charge < -0.3 is 20.3 Å². The van der Waals surface area contributed by atoms with E-state index in [0.717, 1.165) is 19.2 Å². The molecule has 5 heteroatoms. The fraction of sp³-hybridized carbons (Fsp3) is 0.417. The average molecular weight is 239 g/mol. The van der Waals surface area contributed by atoms with Crippen LogP contribution >= 0.6 is 0 Å². The van der Waals surface area contributed by atoms with Gasteiger partial charge in [-0.05, 0) is 18.2 Å². The van der Waals surface area contributed by atoms with Gasteiger partial charge in [-0.15, -0.1) is 0 Å². The van der Waals surface area contributed by atoms with Crippen molar-refractivity contribution in [1.29, 1.82) is 0 Å². The Kier molecular flexibility index (Phi) is 5.09. The van der Waals surface area contributed by atoms with Gasteiger partial charge in [-0.2, -0.15) is 0 Å². The Morgan fingerprint density at radius 3 is 2.41 bits per heavy atom. The summed E-state index contributed by atoms with van der Waals surface area (Å²) in [6, 6.07) is 6.98. The topological polar surface area (TPSA) is 78.8 Å². The van der Waals surface area contributed by atoms with Crippen LogP contribution in [0.15, 0.2) is 24.3 Å². The third-order valence-corrected chi connectivity index (χ3v) is 2.44.